The number of ether oxygens (including phenoxy) is 1. The lowest BCUT2D eigenvalue weighted by molar-refractivity contribution is -0.0446. The van der Waals surface area contributed by atoms with Crippen molar-refractivity contribution < 1.29 is 4.74 Å². The fourth-order valence-corrected chi connectivity index (χ4v) is 2.79. The predicted octanol–water partition coefficient (Wildman–Crippen LogP) is -0.385. The summed E-state index contributed by atoms with van der Waals surface area (Å²) in [6.07, 6.45) is 6.97. The second-order valence-electron chi connectivity index (χ2n) is 5.11. The zero-order valence-corrected chi connectivity index (χ0v) is 11.7. The molecule has 0 bridgehead atoms. The third-order valence-corrected chi connectivity index (χ3v) is 3.96. The van der Waals surface area contributed by atoms with E-state index in [0.29, 0.717) is 13.1 Å². The molecule has 9 nitrogen and oxygen atoms in total. The Morgan fingerprint density at radius 1 is 1.29 bits per heavy atom. The number of rotatable bonds is 3. The number of aryl methyl sites for hydroxylation is 1. The Kier molecular flexibility index (Phi) is 2.45. The van der Waals surface area contributed by atoms with Crippen LogP contribution in [-0.4, -0.2) is 54.8 Å². The molecule has 9 heteroatoms. The molecule has 0 aromatic carbocycles. The number of aromatic nitrogens is 7. The van der Waals surface area contributed by atoms with Crippen molar-refractivity contribution in [2.24, 2.45) is 7.05 Å². The minimum atomic E-state index is -0.410. The summed E-state index contributed by atoms with van der Waals surface area (Å²) in [7, 11) is 3.57. The summed E-state index contributed by atoms with van der Waals surface area (Å²) >= 11 is 0. The lowest BCUT2D eigenvalue weighted by Gasteiger charge is -2.48. The predicted molar refractivity (Wildman–Crippen MR) is 72.7 cm³/mol. The van der Waals surface area contributed by atoms with E-state index in [1.165, 1.54) is 0 Å². The van der Waals surface area contributed by atoms with Crippen molar-refractivity contribution in [2.75, 3.05) is 25.1 Å². The van der Waals surface area contributed by atoms with Crippen LogP contribution >= 0.6 is 0 Å². The first-order chi connectivity index (χ1) is 10.2. The molecule has 108 valence electrons. The van der Waals surface area contributed by atoms with E-state index in [-0.39, 0.29) is 0 Å². The van der Waals surface area contributed by atoms with Gasteiger partial charge in [0.25, 0.3) is 0 Å². The molecule has 3 aromatic rings. The Labute approximate surface area is 120 Å². The molecule has 3 aromatic heterocycles. The van der Waals surface area contributed by atoms with Crippen LogP contribution in [0.15, 0.2) is 24.9 Å². The van der Waals surface area contributed by atoms with Crippen molar-refractivity contribution in [1.29, 1.82) is 0 Å². The summed E-state index contributed by atoms with van der Waals surface area (Å²) in [5.41, 5.74) is 1.28. The Morgan fingerprint density at radius 3 is 2.86 bits per heavy atom. The van der Waals surface area contributed by atoms with Gasteiger partial charge in [-0.3, -0.25) is 4.40 Å². The third kappa shape index (κ3) is 1.64. The monoisotopic (exact) mass is 286 g/mol. The van der Waals surface area contributed by atoms with Gasteiger partial charge < -0.3 is 9.64 Å². The highest BCUT2D eigenvalue weighted by Crippen LogP contribution is 2.37. The van der Waals surface area contributed by atoms with E-state index < -0.39 is 5.60 Å². The van der Waals surface area contributed by atoms with Crippen molar-refractivity contribution in [1.82, 2.24) is 34.6 Å². The summed E-state index contributed by atoms with van der Waals surface area (Å²) in [4.78, 5) is 6.53. The van der Waals surface area contributed by atoms with Gasteiger partial charge in [-0.2, -0.15) is 0 Å². The summed E-state index contributed by atoms with van der Waals surface area (Å²) < 4.78 is 9.32. The molecule has 21 heavy (non-hydrogen) atoms. The Hall–Kier alpha value is -2.55. The van der Waals surface area contributed by atoms with Crippen LogP contribution in [0, 0.1) is 0 Å². The number of hydrogen-bond donors (Lipinski definition) is 0. The fraction of sp³-hybridized carbons (Fsp3) is 0.417. The number of anilines is 1. The molecule has 1 saturated heterocycles. The number of nitrogens with zero attached hydrogens (tertiary/aromatic N) is 8. The summed E-state index contributed by atoms with van der Waals surface area (Å²) in [5, 5.41) is 15.9. The van der Waals surface area contributed by atoms with Crippen LogP contribution in [0.4, 0.5) is 5.82 Å². The van der Waals surface area contributed by atoms with Gasteiger partial charge in [-0.25, -0.2) is 9.67 Å². The molecule has 0 atom stereocenters. The molecule has 0 unspecified atom stereocenters. The molecule has 4 rings (SSSR count). The minimum Gasteiger partial charge on any atom is -0.368 e. The van der Waals surface area contributed by atoms with Crippen LogP contribution in [0.25, 0.3) is 5.65 Å². The number of methoxy groups -OCH3 is 1. The first kappa shape index (κ1) is 12.2. The molecule has 1 aliphatic heterocycles. The SMILES string of the molecule is COC1(c2cnnn2C)CN(c2nccn3cnnc23)C1. The van der Waals surface area contributed by atoms with E-state index in [0.717, 1.165) is 17.2 Å². The number of hydrogen-bond acceptors (Lipinski definition) is 7. The summed E-state index contributed by atoms with van der Waals surface area (Å²) in [6, 6.07) is 0. The molecule has 0 spiro atoms. The highest BCUT2D eigenvalue weighted by Gasteiger charge is 2.48. The first-order valence-electron chi connectivity index (χ1n) is 6.53. The standard InChI is InChI=1S/C12H14N8O/c1-18-9(5-14-17-18)12(21-2)6-20(7-12)10-11-16-15-8-19(11)4-3-13-10/h3-5,8H,6-7H2,1-2H3. The van der Waals surface area contributed by atoms with E-state index in [2.05, 4.69) is 30.4 Å². The highest BCUT2D eigenvalue weighted by molar-refractivity contribution is 5.65. The van der Waals surface area contributed by atoms with Gasteiger partial charge in [0.05, 0.1) is 25.0 Å². The molecular formula is C12H14N8O. The molecule has 1 fully saturated rings. The van der Waals surface area contributed by atoms with E-state index in [4.69, 9.17) is 4.74 Å². The average Bonchev–Trinajstić information content (AvgIpc) is 3.08. The normalized spacial score (nSPS) is 17.1. The van der Waals surface area contributed by atoms with E-state index in [1.54, 1.807) is 30.5 Å². The first-order valence-corrected chi connectivity index (χ1v) is 6.53. The van der Waals surface area contributed by atoms with Crippen molar-refractivity contribution >= 4 is 11.5 Å². The van der Waals surface area contributed by atoms with Gasteiger partial charge in [0.15, 0.2) is 5.82 Å². The van der Waals surface area contributed by atoms with Crippen molar-refractivity contribution in [3.05, 3.63) is 30.6 Å². The zero-order valence-electron chi connectivity index (χ0n) is 11.7. The highest BCUT2D eigenvalue weighted by atomic mass is 16.5. The molecule has 4 heterocycles. The average molecular weight is 286 g/mol. The number of fused-ring (bicyclic) bond motifs is 1. The molecule has 0 amide bonds. The maximum absolute atomic E-state index is 5.73. The van der Waals surface area contributed by atoms with E-state index >= 15 is 0 Å². The van der Waals surface area contributed by atoms with Crippen molar-refractivity contribution in [2.45, 2.75) is 5.60 Å². The van der Waals surface area contributed by atoms with Crippen LogP contribution in [0.3, 0.4) is 0 Å². The van der Waals surface area contributed by atoms with Gasteiger partial charge in [-0.05, 0) is 0 Å². The van der Waals surface area contributed by atoms with Crippen LogP contribution < -0.4 is 4.90 Å². The topological polar surface area (TPSA) is 86.3 Å². The largest absolute Gasteiger partial charge is 0.368 e. The summed E-state index contributed by atoms with van der Waals surface area (Å²) in [6.45, 7) is 1.34. The van der Waals surface area contributed by atoms with Crippen molar-refractivity contribution in [3.8, 4) is 0 Å². The van der Waals surface area contributed by atoms with Gasteiger partial charge in [0, 0.05) is 26.6 Å². The second-order valence-corrected chi connectivity index (χ2v) is 5.11. The maximum atomic E-state index is 5.73. The smallest absolute Gasteiger partial charge is 0.203 e. The van der Waals surface area contributed by atoms with Gasteiger partial charge in [0.2, 0.25) is 5.65 Å². The Morgan fingerprint density at radius 2 is 2.14 bits per heavy atom. The molecular weight excluding hydrogens is 272 g/mol. The fourth-order valence-electron chi connectivity index (χ4n) is 2.79. The molecule has 0 saturated carbocycles. The molecule has 0 N–H and O–H groups in total. The quantitative estimate of drug-likeness (QED) is 0.648. The Balaban J connectivity index is 1.67. The van der Waals surface area contributed by atoms with Crippen LogP contribution in [0.1, 0.15) is 5.69 Å². The second kappa shape index (κ2) is 4.22. The lowest BCUT2D eigenvalue weighted by Crippen LogP contribution is -2.61. The van der Waals surface area contributed by atoms with Crippen LogP contribution in [0.2, 0.25) is 0 Å². The van der Waals surface area contributed by atoms with Gasteiger partial charge >= 0.3 is 0 Å². The zero-order chi connectivity index (χ0) is 14.4. The van der Waals surface area contributed by atoms with Gasteiger partial charge in [-0.1, -0.05) is 5.21 Å². The molecule has 0 radical (unpaired) electrons. The van der Waals surface area contributed by atoms with E-state index in [1.807, 2.05) is 17.6 Å². The van der Waals surface area contributed by atoms with Crippen LogP contribution in [-0.2, 0) is 17.4 Å². The maximum Gasteiger partial charge on any atom is 0.203 e. The molecule has 1 aliphatic rings. The summed E-state index contributed by atoms with van der Waals surface area (Å²) in [5.74, 6) is 0.804. The van der Waals surface area contributed by atoms with Gasteiger partial charge in [-0.15, -0.1) is 15.3 Å². The van der Waals surface area contributed by atoms with Crippen molar-refractivity contribution in [3.63, 3.8) is 0 Å². The van der Waals surface area contributed by atoms with Gasteiger partial charge in [0.1, 0.15) is 11.9 Å². The third-order valence-electron chi connectivity index (χ3n) is 3.96. The lowest BCUT2D eigenvalue weighted by atomic mass is 9.90. The molecule has 0 aliphatic carbocycles. The van der Waals surface area contributed by atoms with Crippen LogP contribution in [0.5, 0.6) is 0 Å². The van der Waals surface area contributed by atoms with E-state index in [9.17, 15) is 0 Å². The Bertz CT molecular complexity index is 787. The minimum absolute atomic E-state index is 0.410.